The molecule has 3 aromatic rings. The van der Waals surface area contributed by atoms with Crippen LogP contribution in [0.3, 0.4) is 0 Å². The Morgan fingerprint density at radius 3 is 2.66 bits per heavy atom. The Hall–Kier alpha value is -2.87. The smallest absolute Gasteiger partial charge is 0.141 e. The standard InChI is InChI=1S/C25H24N3O/c29-25(18-28-13-9-22(25)10-14-28)11-8-23-21(15-19-5-2-1-3-6-19)16-24(27-23)20-7-4-12-26-17-20/h1-7,12,16-17,22,29H,9-10,13-15,18H2/q-1. The number of hydrogen-bond donors (Lipinski definition) is 1. The molecule has 1 unspecified atom stereocenters. The largest absolute Gasteiger partial charge is 0.650 e. The van der Waals surface area contributed by atoms with E-state index in [-0.39, 0.29) is 5.92 Å². The van der Waals surface area contributed by atoms with Crippen LogP contribution < -0.4 is 4.98 Å². The van der Waals surface area contributed by atoms with Crippen molar-refractivity contribution in [1.82, 2.24) is 14.9 Å². The van der Waals surface area contributed by atoms with Gasteiger partial charge in [0.25, 0.3) is 0 Å². The van der Waals surface area contributed by atoms with Crippen LogP contribution in [-0.4, -0.2) is 40.2 Å². The zero-order valence-corrected chi connectivity index (χ0v) is 16.4. The molecule has 0 radical (unpaired) electrons. The highest BCUT2D eigenvalue weighted by Gasteiger charge is 2.44. The van der Waals surface area contributed by atoms with Gasteiger partial charge in [-0.25, -0.2) is 0 Å². The van der Waals surface area contributed by atoms with Gasteiger partial charge in [0.2, 0.25) is 0 Å². The predicted molar refractivity (Wildman–Crippen MR) is 113 cm³/mol. The van der Waals surface area contributed by atoms with Gasteiger partial charge in [0.05, 0.1) is 0 Å². The Labute approximate surface area is 171 Å². The normalized spacial score (nSPS) is 25.4. The van der Waals surface area contributed by atoms with Gasteiger partial charge in [-0.2, -0.15) is 0 Å². The third kappa shape index (κ3) is 3.72. The molecule has 3 saturated heterocycles. The van der Waals surface area contributed by atoms with E-state index in [2.05, 4.69) is 52.1 Å². The van der Waals surface area contributed by atoms with Crippen molar-refractivity contribution < 1.29 is 5.11 Å². The summed E-state index contributed by atoms with van der Waals surface area (Å²) in [4.78, 5) is 11.4. The third-order valence-electron chi connectivity index (χ3n) is 6.17. The summed E-state index contributed by atoms with van der Waals surface area (Å²) in [5, 5.41) is 11.2. The fraction of sp³-hybridized carbons (Fsp3) is 0.320. The van der Waals surface area contributed by atoms with E-state index in [9.17, 15) is 5.11 Å². The number of nitrogens with zero attached hydrogens (tertiary/aromatic N) is 3. The summed E-state index contributed by atoms with van der Waals surface area (Å²) in [6.07, 6.45) is 6.41. The van der Waals surface area contributed by atoms with Crippen molar-refractivity contribution in [1.29, 1.82) is 0 Å². The molecular weight excluding hydrogens is 358 g/mol. The monoisotopic (exact) mass is 382 g/mol. The number of aliphatic hydroxyl groups is 1. The van der Waals surface area contributed by atoms with Crippen LogP contribution in [0.2, 0.25) is 0 Å². The van der Waals surface area contributed by atoms with Gasteiger partial charge in [-0.3, -0.25) is 9.88 Å². The second-order valence-corrected chi connectivity index (χ2v) is 8.14. The minimum absolute atomic E-state index is 0.269. The van der Waals surface area contributed by atoms with E-state index in [0.29, 0.717) is 6.54 Å². The van der Waals surface area contributed by atoms with Gasteiger partial charge in [-0.05, 0) is 49.5 Å². The van der Waals surface area contributed by atoms with Gasteiger partial charge < -0.3 is 10.1 Å². The molecule has 5 heterocycles. The average Bonchev–Trinajstić information content (AvgIpc) is 3.17. The highest BCUT2D eigenvalue weighted by molar-refractivity contribution is 5.62. The van der Waals surface area contributed by atoms with Crippen LogP contribution in [0, 0.1) is 17.8 Å². The second kappa shape index (κ2) is 7.51. The Morgan fingerprint density at radius 2 is 1.97 bits per heavy atom. The van der Waals surface area contributed by atoms with Crippen molar-refractivity contribution in [3.8, 4) is 23.1 Å². The summed E-state index contributed by atoms with van der Waals surface area (Å²) in [7, 11) is 0. The topological polar surface area (TPSA) is 50.5 Å². The molecule has 4 nitrogen and oxygen atoms in total. The number of fused-ring (bicyclic) bond motifs is 3. The maximum atomic E-state index is 11.2. The summed E-state index contributed by atoms with van der Waals surface area (Å²) < 4.78 is 0. The number of aromatic nitrogens is 2. The molecule has 2 bridgehead atoms. The average molecular weight is 382 g/mol. The highest BCUT2D eigenvalue weighted by atomic mass is 16.3. The molecule has 1 N–H and O–H groups in total. The molecule has 29 heavy (non-hydrogen) atoms. The summed E-state index contributed by atoms with van der Waals surface area (Å²) in [6.45, 7) is 2.80. The summed E-state index contributed by atoms with van der Waals surface area (Å²) in [6, 6.07) is 16.4. The summed E-state index contributed by atoms with van der Waals surface area (Å²) in [5.74, 6) is 6.75. The van der Waals surface area contributed by atoms with Crippen molar-refractivity contribution >= 4 is 0 Å². The van der Waals surface area contributed by atoms with Gasteiger partial charge in [0, 0.05) is 24.9 Å². The first-order valence-corrected chi connectivity index (χ1v) is 10.3. The minimum atomic E-state index is -0.923. The number of hydrogen-bond acceptors (Lipinski definition) is 3. The lowest BCUT2D eigenvalue weighted by molar-refractivity contribution is -0.0713. The van der Waals surface area contributed by atoms with Crippen LogP contribution in [-0.2, 0) is 6.42 Å². The lowest BCUT2D eigenvalue weighted by Gasteiger charge is -2.47. The Balaban J connectivity index is 1.50. The molecule has 146 valence electrons. The first-order valence-electron chi connectivity index (χ1n) is 10.3. The second-order valence-electron chi connectivity index (χ2n) is 8.14. The highest BCUT2D eigenvalue weighted by Crippen LogP contribution is 2.35. The molecule has 0 spiro atoms. The number of piperidine rings is 3. The fourth-order valence-electron chi connectivity index (χ4n) is 4.53. The van der Waals surface area contributed by atoms with E-state index in [1.807, 2.05) is 24.4 Å². The molecule has 3 aliphatic heterocycles. The lowest BCUT2D eigenvalue weighted by Crippen LogP contribution is -2.58. The Morgan fingerprint density at radius 1 is 1.14 bits per heavy atom. The van der Waals surface area contributed by atoms with Gasteiger partial charge in [0.1, 0.15) is 5.60 Å². The van der Waals surface area contributed by atoms with Crippen LogP contribution in [0.25, 0.3) is 11.3 Å². The molecule has 0 amide bonds. The molecule has 3 fully saturated rings. The van der Waals surface area contributed by atoms with Crippen molar-refractivity contribution in [2.45, 2.75) is 24.9 Å². The van der Waals surface area contributed by atoms with E-state index in [1.165, 1.54) is 5.56 Å². The summed E-state index contributed by atoms with van der Waals surface area (Å²) in [5.41, 5.74) is 4.02. The van der Waals surface area contributed by atoms with Crippen LogP contribution in [0.1, 0.15) is 29.7 Å². The molecule has 2 aromatic heterocycles. The number of rotatable bonds is 3. The van der Waals surface area contributed by atoms with Gasteiger partial charge in [0.15, 0.2) is 0 Å². The van der Waals surface area contributed by atoms with E-state index < -0.39 is 5.60 Å². The van der Waals surface area contributed by atoms with Crippen LogP contribution in [0.4, 0.5) is 0 Å². The zero-order valence-electron chi connectivity index (χ0n) is 16.4. The maximum Gasteiger partial charge on any atom is 0.141 e. The molecule has 0 aliphatic carbocycles. The Bertz CT molecular complexity index is 1040. The van der Waals surface area contributed by atoms with Crippen molar-refractivity contribution in [3.05, 3.63) is 77.7 Å². The molecule has 1 aromatic carbocycles. The predicted octanol–water partition coefficient (Wildman–Crippen LogP) is 3.10. The zero-order chi connectivity index (χ0) is 19.7. The molecule has 3 aliphatic rings. The molecule has 0 saturated carbocycles. The SMILES string of the molecule is OC1(C#Cc2[n-]c(-c3cccnc3)cc2Cc2ccccc2)CN2CCC1CC2. The van der Waals surface area contributed by atoms with Crippen molar-refractivity contribution in [3.63, 3.8) is 0 Å². The van der Waals surface area contributed by atoms with Crippen LogP contribution in [0.5, 0.6) is 0 Å². The van der Waals surface area contributed by atoms with Crippen LogP contribution >= 0.6 is 0 Å². The van der Waals surface area contributed by atoms with Gasteiger partial charge >= 0.3 is 0 Å². The van der Waals surface area contributed by atoms with Crippen LogP contribution in [0.15, 0.2) is 60.9 Å². The maximum absolute atomic E-state index is 11.2. The van der Waals surface area contributed by atoms with E-state index in [0.717, 1.165) is 54.9 Å². The third-order valence-corrected chi connectivity index (χ3v) is 6.17. The van der Waals surface area contributed by atoms with Crippen molar-refractivity contribution in [2.24, 2.45) is 5.92 Å². The van der Waals surface area contributed by atoms with Gasteiger partial charge in [-0.1, -0.05) is 65.6 Å². The summed E-state index contributed by atoms with van der Waals surface area (Å²) >= 11 is 0. The quantitative estimate of drug-likeness (QED) is 0.707. The van der Waals surface area contributed by atoms with E-state index in [1.54, 1.807) is 6.20 Å². The lowest BCUT2D eigenvalue weighted by atomic mass is 9.76. The molecule has 4 heteroatoms. The Kier molecular flexibility index (Phi) is 4.71. The molecular formula is C25H24N3O-. The molecule has 1 atom stereocenters. The first kappa shape index (κ1) is 18.2. The number of benzene rings is 1. The van der Waals surface area contributed by atoms with Gasteiger partial charge in [-0.15, -0.1) is 5.69 Å². The number of pyridine rings is 1. The van der Waals surface area contributed by atoms with Crippen molar-refractivity contribution in [2.75, 3.05) is 19.6 Å². The fourth-order valence-corrected chi connectivity index (χ4v) is 4.53. The van der Waals surface area contributed by atoms with E-state index >= 15 is 0 Å². The van der Waals surface area contributed by atoms with E-state index in [4.69, 9.17) is 4.98 Å². The molecule has 6 rings (SSSR count). The minimum Gasteiger partial charge on any atom is -0.650 e. The first-order chi connectivity index (χ1) is 14.2.